The summed E-state index contributed by atoms with van der Waals surface area (Å²) in [6, 6.07) is 63.7. The van der Waals surface area contributed by atoms with E-state index in [2.05, 4.69) is 158 Å². The van der Waals surface area contributed by atoms with Gasteiger partial charge in [-0.3, -0.25) is 0 Å². The molecule has 3 nitrogen and oxygen atoms in total. The second kappa shape index (κ2) is 16.2. The smallest absolute Gasteiger partial charge is 0.164 e. The fourth-order valence-electron chi connectivity index (χ4n) is 6.97. The number of rotatable bonds is 10. The van der Waals surface area contributed by atoms with Crippen LogP contribution in [0.3, 0.4) is 0 Å². The number of hydrogen-bond donors (Lipinski definition) is 0. The van der Waals surface area contributed by atoms with E-state index in [1.165, 1.54) is 27.8 Å². The van der Waals surface area contributed by atoms with Crippen molar-refractivity contribution < 1.29 is 0 Å². The van der Waals surface area contributed by atoms with Crippen LogP contribution < -0.4 is 0 Å². The molecule has 0 bridgehead atoms. The van der Waals surface area contributed by atoms with Crippen molar-refractivity contribution in [2.24, 2.45) is 0 Å². The molecular formula is C52H39N3. The van der Waals surface area contributed by atoms with E-state index >= 15 is 0 Å². The van der Waals surface area contributed by atoms with Gasteiger partial charge in [0.1, 0.15) is 0 Å². The molecule has 7 aromatic carbocycles. The van der Waals surface area contributed by atoms with Crippen LogP contribution in [0.15, 0.2) is 213 Å². The number of aromatic nitrogens is 3. The van der Waals surface area contributed by atoms with E-state index in [0.717, 1.165) is 44.5 Å². The highest BCUT2D eigenvalue weighted by Crippen LogP contribution is 2.43. The number of benzene rings is 7. The predicted octanol–water partition coefficient (Wildman–Crippen LogP) is 13.7. The molecule has 1 aromatic heterocycles. The van der Waals surface area contributed by atoms with Crippen molar-refractivity contribution in [2.45, 2.75) is 6.92 Å². The maximum absolute atomic E-state index is 5.09. The topological polar surface area (TPSA) is 38.7 Å². The van der Waals surface area contributed by atoms with E-state index in [4.69, 9.17) is 15.0 Å². The van der Waals surface area contributed by atoms with Crippen LogP contribution in [0, 0.1) is 0 Å². The summed E-state index contributed by atoms with van der Waals surface area (Å²) in [7, 11) is 0. The standard InChI is InChI=1S/C52H39N3/c1-3-18-37(19-4-2)44-28-17-29-45(34-44)52-54-50(42-26-15-8-16-27-42)53-51(55-52)43-32-30-41(31-33-43)49-47(39-22-11-6-12-23-39)35-46(38-20-9-5-10-21-38)36-48(49)40-24-13-7-14-25-40/h3-36H,1H2,2H3/b19-4-,37-18+. The normalized spacial score (nSPS) is 11.5. The lowest BCUT2D eigenvalue weighted by Gasteiger charge is -2.19. The molecule has 0 spiro atoms. The van der Waals surface area contributed by atoms with Crippen LogP contribution in [-0.2, 0) is 0 Å². The van der Waals surface area contributed by atoms with Crippen LogP contribution in [0.1, 0.15) is 12.5 Å². The van der Waals surface area contributed by atoms with Crippen molar-refractivity contribution in [2.75, 3.05) is 0 Å². The molecule has 0 amide bonds. The van der Waals surface area contributed by atoms with Gasteiger partial charge in [-0.05, 0) is 80.8 Å². The summed E-state index contributed by atoms with van der Waals surface area (Å²) < 4.78 is 0. The van der Waals surface area contributed by atoms with Crippen LogP contribution in [-0.4, -0.2) is 15.0 Å². The average Bonchev–Trinajstić information content (AvgIpc) is 3.27. The molecule has 262 valence electrons. The monoisotopic (exact) mass is 705 g/mol. The van der Waals surface area contributed by atoms with E-state index in [1.807, 2.05) is 61.5 Å². The van der Waals surface area contributed by atoms with Gasteiger partial charge in [0.25, 0.3) is 0 Å². The van der Waals surface area contributed by atoms with E-state index in [0.29, 0.717) is 17.5 Å². The SMILES string of the molecule is C=C/C=C(\C=C/C)c1cccc(-c2nc(-c3ccccc3)nc(-c3ccc(-c4c(-c5ccccc5)cc(-c5ccccc5)cc4-c4ccccc4)cc3)n2)c1. The van der Waals surface area contributed by atoms with Crippen LogP contribution >= 0.6 is 0 Å². The number of nitrogens with zero attached hydrogens (tertiary/aromatic N) is 3. The van der Waals surface area contributed by atoms with Gasteiger partial charge in [0.05, 0.1) is 0 Å². The molecule has 8 rings (SSSR count). The van der Waals surface area contributed by atoms with E-state index < -0.39 is 0 Å². The quantitative estimate of drug-likeness (QED) is 0.133. The molecule has 55 heavy (non-hydrogen) atoms. The van der Waals surface area contributed by atoms with Crippen LogP contribution in [0.2, 0.25) is 0 Å². The molecule has 0 unspecified atom stereocenters. The lowest BCUT2D eigenvalue weighted by atomic mass is 9.84. The van der Waals surface area contributed by atoms with Crippen molar-refractivity contribution in [3.63, 3.8) is 0 Å². The van der Waals surface area contributed by atoms with Crippen molar-refractivity contribution in [1.82, 2.24) is 15.0 Å². The van der Waals surface area contributed by atoms with Gasteiger partial charge in [0.15, 0.2) is 17.5 Å². The first kappa shape index (κ1) is 34.8. The summed E-state index contributed by atoms with van der Waals surface area (Å²) in [5.74, 6) is 1.85. The second-order valence-corrected chi connectivity index (χ2v) is 13.2. The molecule has 0 saturated heterocycles. The van der Waals surface area contributed by atoms with E-state index in [9.17, 15) is 0 Å². The van der Waals surface area contributed by atoms with Crippen molar-refractivity contribution in [3.05, 3.63) is 218 Å². The highest BCUT2D eigenvalue weighted by molar-refractivity contribution is 5.98. The third-order valence-corrected chi connectivity index (χ3v) is 9.61. The minimum Gasteiger partial charge on any atom is -0.208 e. The molecule has 0 fully saturated rings. The van der Waals surface area contributed by atoms with Gasteiger partial charge in [-0.25, -0.2) is 15.0 Å². The summed E-state index contributed by atoms with van der Waals surface area (Å²) in [6.07, 6.45) is 7.93. The Kier molecular flexibility index (Phi) is 10.3. The van der Waals surface area contributed by atoms with Gasteiger partial charge in [-0.2, -0.15) is 0 Å². The lowest BCUT2D eigenvalue weighted by Crippen LogP contribution is -2.00. The van der Waals surface area contributed by atoms with E-state index in [1.54, 1.807) is 0 Å². The fraction of sp³-hybridized carbons (Fsp3) is 0.0192. The molecule has 1 heterocycles. The Balaban J connectivity index is 1.28. The Morgan fingerprint density at radius 3 is 1.36 bits per heavy atom. The zero-order chi connectivity index (χ0) is 37.4. The summed E-state index contributed by atoms with van der Waals surface area (Å²) in [5, 5.41) is 0. The Morgan fingerprint density at radius 1 is 0.418 bits per heavy atom. The van der Waals surface area contributed by atoms with Gasteiger partial charge in [0.2, 0.25) is 0 Å². The summed E-state index contributed by atoms with van der Waals surface area (Å²) >= 11 is 0. The first-order valence-electron chi connectivity index (χ1n) is 18.5. The molecule has 0 radical (unpaired) electrons. The van der Waals surface area contributed by atoms with Gasteiger partial charge in [-0.15, -0.1) is 0 Å². The lowest BCUT2D eigenvalue weighted by molar-refractivity contribution is 1.07. The predicted molar refractivity (Wildman–Crippen MR) is 231 cm³/mol. The Labute approximate surface area is 323 Å². The van der Waals surface area contributed by atoms with Gasteiger partial charge in [-0.1, -0.05) is 195 Å². The van der Waals surface area contributed by atoms with Crippen molar-refractivity contribution in [3.8, 4) is 78.7 Å². The summed E-state index contributed by atoms with van der Waals surface area (Å²) in [4.78, 5) is 15.1. The zero-order valence-electron chi connectivity index (χ0n) is 30.7. The number of hydrogen-bond acceptors (Lipinski definition) is 3. The Bertz CT molecular complexity index is 2570. The molecule has 0 N–H and O–H groups in total. The first-order valence-corrected chi connectivity index (χ1v) is 18.5. The molecule has 3 heteroatoms. The molecule has 8 aromatic rings. The zero-order valence-corrected chi connectivity index (χ0v) is 30.7. The molecular weight excluding hydrogens is 667 g/mol. The van der Waals surface area contributed by atoms with Gasteiger partial charge in [0, 0.05) is 16.7 Å². The third kappa shape index (κ3) is 7.64. The van der Waals surface area contributed by atoms with Gasteiger partial charge < -0.3 is 0 Å². The fourth-order valence-corrected chi connectivity index (χ4v) is 6.97. The molecule has 0 aliphatic carbocycles. The summed E-state index contributed by atoms with van der Waals surface area (Å²) in [5.41, 5.74) is 14.2. The van der Waals surface area contributed by atoms with Crippen LogP contribution in [0.5, 0.6) is 0 Å². The second-order valence-electron chi connectivity index (χ2n) is 13.2. The molecule has 0 aliphatic heterocycles. The highest BCUT2D eigenvalue weighted by atomic mass is 15.0. The van der Waals surface area contributed by atoms with E-state index in [-0.39, 0.29) is 0 Å². The first-order chi connectivity index (χ1) is 27.2. The van der Waals surface area contributed by atoms with Crippen molar-refractivity contribution in [1.29, 1.82) is 0 Å². The number of allylic oxidation sites excluding steroid dienone is 5. The maximum Gasteiger partial charge on any atom is 0.164 e. The molecule has 0 atom stereocenters. The molecule has 0 aliphatic rings. The highest BCUT2D eigenvalue weighted by Gasteiger charge is 2.18. The van der Waals surface area contributed by atoms with Gasteiger partial charge >= 0.3 is 0 Å². The Morgan fingerprint density at radius 2 is 0.855 bits per heavy atom. The third-order valence-electron chi connectivity index (χ3n) is 9.61. The Hall–Kier alpha value is -7.23. The van der Waals surface area contributed by atoms with Crippen molar-refractivity contribution >= 4 is 5.57 Å². The maximum atomic E-state index is 5.09. The minimum atomic E-state index is 0.613. The summed E-state index contributed by atoms with van der Waals surface area (Å²) in [6.45, 7) is 5.93. The minimum absolute atomic E-state index is 0.613. The largest absolute Gasteiger partial charge is 0.208 e. The van der Waals surface area contributed by atoms with Crippen LogP contribution in [0.4, 0.5) is 0 Å². The average molecular weight is 706 g/mol. The molecule has 0 saturated carbocycles. The van der Waals surface area contributed by atoms with Crippen LogP contribution in [0.25, 0.3) is 84.2 Å².